The monoisotopic (exact) mass is 547 g/mol. The highest BCUT2D eigenvalue weighted by molar-refractivity contribution is 6.36. The average molecular weight is 548 g/mol. The number of para-hydroxylation sites is 1. The molecule has 0 N–H and O–H groups in total. The van der Waals surface area contributed by atoms with E-state index in [1.807, 2.05) is 24.3 Å². The van der Waals surface area contributed by atoms with Crippen molar-refractivity contribution in [1.82, 2.24) is 14.5 Å². The normalized spacial score (nSPS) is 11.7. The Bertz CT molecular complexity index is 2440. The van der Waals surface area contributed by atoms with Crippen LogP contribution >= 0.6 is 0 Å². The van der Waals surface area contributed by atoms with Crippen LogP contribution in [0.25, 0.3) is 82.6 Å². The smallest absolute Gasteiger partial charge is 0.162 e. The lowest BCUT2D eigenvalue weighted by Crippen LogP contribution is -2.03. The Hall–Kier alpha value is -5.80. The Kier molecular flexibility index (Phi) is 5.20. The van der Waals surface area contributed by atoms with E-state index in [0.717, 1.165) is 33.7 Å². The number of hydrogen-bond donors (Lipinski definition) is 0. The lowest BCUT2D eigenvalue weighted by atomic mass is 9.93. The molecule has 0 bridgehead atoms. The fourth-order valence-electron chi connectivity index (χ4n) is 6.70. The average Bonchev–Trinajstić information content (AvgIpc) is 3.44. The van der Waals surface area contributed by atoms with Gasteiger partial charge in [-0.1, -0.05) is 140 Å². The largest absolute Gasteiger partial charge is 0.293 e. The van der Waals surface area contributed by atoms with Gasteiger partial charge in [0.1, 0.15) is 5.82 Å². The van der Waals surface area contributed by atoms with Crippen molar-refractivity contribution in [2.75, 3.05) is 0 Å². The van der Waals surface area contributed by atoms with Crippen molar-refractivity contribution in [2.45, 2.75) is 0 Å². The van der Waals surface area contributed by atoms with Gasteiger partial charge in [0.2, 0.25) is 0 Å². The van der Waals surface area contributed by atoms with Gasteiger partial charge in [-0.15, -0.1) is 0 Å². The molecule has 9 rings (SSSR count). The van der Waals surface area contributed by atoms with E-state index >= 15 is 0 Å². The van der Waals surface area contributed by atoms with Gasteiger partial charge in [0, 0.05) is 38.7 Å². The molecule has 3 heteroatoms. The molecule has 7 aromatic carbocycles. The van der Waals surface area contributed by atoms with Crippen LogP contribution in [0.3, 0.4) is 0 Å². The highest BCUT2D eigenvalue weighted by Crippen LogP contribution is 2.44. The topological polar surface area (TPSA) is 30.7 Å². The molecule has 200 valence electrons. The molecule has 43 heavy (non-hydrogen) atoms. The summed E-state index contributed by atoms with van der Waals surface area (Å²) >= 11 is 0. The summed E-state index contributed by atoms with van der Waals surface area (Å²) < 4.78 is 2.36. The minimum Gasteiger partial charge on any atom is -0.293 e. The van der Waals surface area contributed by atoms with Crippen molar-refractivity contribution >= 4 is 54.1 Å². The highest BCUT2D eigenvalue weighted by atomic mass is 15.1. The summed E-state index contributed by atoms with van der Waals surface area (Å²) in [6, 6.07) is 53.6. The molecule has 0 atom stereocenters. The quantitative estimate of drug-likeness (QED) is 0.206. The van der Waals surface area contributed by atoms with Crippen LogP contribution in [0.4, 0.5) is 0 Å². The fraction of sp³-hybridized carbons (Fsp3) is 0. The van der Waals surface area contributed by atoms with Crippen LogP contribution in [0.2, 0.25) is 0 Å². The third-order valence-corrected chi connectivity index (χ3v) is 8.57. The van der Waals surface area contributed by atoms with E-state index in [1.54, 1.807) is 0 Å². The maximum atomic E-state index is 5.27. The molecule has 0 aliphatic carbocycles. The van der Waals surface area contributed by atoms with Crippen molar-refractivity contribution in [3.05, 3.63) is 152 Å². The van der Waals surface area contributed by atoms with Crippen molar-refractivity contribution in [1.29, 1.82) is 0 Å². The first-order valence-corrected chi connectivity index (χ1v) is 14.6. The summed E-state index contributed by atoms with van der Waals surface area (Å²) in [6.45, 7) is 0. The minimum atomic E-state index is 0.707. The molecular formula is C40H25N3. The van der Waals surface area contributed by atoms with Gasteiger partial charge in [-0.05, 0) is 27.6 Å². The van der Waals surface area contributed by atoms with Gasteiger partial charge >= 0.3 is 0 Å². The van der Waals surface area contributed by atoms with Gasteiger partial charge in [0.15, 0.2) is 5.82 Å². The Morgan fingerprint density at radius 3 is 1.84 bits per heavy atom. The van der Waals surface area contributed by atoms with Crippen molar-refractivity contribution < 1.29 is 0 Å². The first-order valence-electron chi connectivity index (χ1n) is 14.6. The van der Waals surface area contributed by atoms with Gasteiger partial charge in [-0.2, -0.15) is 0 Å². The Labute approximate surface area is 248 Å². The lowest BCUT2D eigenvalue weighted by Gasteiger charge is -2.15. The highest BCUT2D eigenvalue weighted by Gasteiger charge is 2.21. The number of nitrogens with zero attached hydrogens (tertiary/aromatic N) is 3. The first-order chi connectivity index (χ1) is 21.3. The van der Waals surface area contributed by atoms with Crippen LogP contribution in [0.15, 0.2) is 152 Å². The third kappa shape index (κ3) is 3.62. The second-order valence-electron chi connectivity index (χ2n) is 11.0. The second-order valence-corrected chi connectivity index (χ2v) is 11.0. The van der Waals surface area contributed by atoms with Crippen molar-refractivity contribution in [2.24, 2.45) is 0 Å². The summed E-state index contributed by atoms with van der Waals surface area (Å²) in [4.78, 5) is 10.3. The molecule has 2 heterocycles. The van der Waals surface area contributed by atoms with Crippen LogP contribution in [0.5, 0.6) is 0 Å². The van der Waals surface area contributed by atoms with Crippen LogP contribution in [-0.2, 0) is 0 Å². The summed E-state index contributed by atoms with van der Waals surface area (Å²) in [5.74, 6) is 1.56. The fourth-order valence-corrected chi connectivity index (χ4v) is 6.70. The van der Waals surface area contributed by atoms with Crippen LogP contribution in [0.1, 0.15) is 0 Å². The molecule has 3 nitrogen and oxygen atoms in total. The Balaban J connectivity index is 1.51. The number of benzene rings is 7. The standard InChI is InChI=1S/C40H25N3/c1-3-14-27(15-4-1)34-25-36(42-40(41-34)28-16-5-2-6-17-28)43-35-22-12-11-21-33(35)38-37-29-18-8-7-13-26(29)23-24-31(37)30-19-9-10-20-32(30)39(38)43/h1-25H. The van der Waals surface area contributed by atoms with E-state index in [9.17, 15) is 0 Å². The molecule has 9 aromatic rings. The van der Waals surface area contributed by atoms with E-state index in [2.05, 4.69) is 132 Å². The van der Waals surface area contributed by atoms with Crippen LogP contribution in [0, 0.1) is 0 Å². The second kappa shape index (κ2) is 9.37. The molecule has 0 fully saturated rings. The van der Waals surface area contributed by atoms with Crippen LogP contribution < -0.4 is 0 Å². The number of aromatic nitrogens is 3. The molecule has 0 spiro atoms. The summed E-state index contributed by atoms with van der Waals surface area (Å²) in [5, 5.41) is 9.95. The number of fused-ring (bicyclic) bond motifs is 10. The van der Waals surface area contributed by atoms with Gasteiger partial charge in [-0.3, -0.25) is 4.57 Å². The molecular weight excluding hydrogens is 522 g/mol. The van der Waals surface area contributed by atoms with Crippen molar-refractivity contribution in [3.8, 4) is 28.5 Å². The first kappa shape index (κ1) is 23.9. The Morgan fingerprint density at radius 1 is 0.419 bits per heavy atom. The van der Waals surface area contributed by atoms with E-state index in [0.29, 0.717) is 5.82 Å². The maximum Gasteiger partial charge on any atom is 0.162 e. The molecule has 0 amide bonds. The van der Waals surface area contributed by atoms with E-state index < -0.39 is 0 Å². The predicted molar refractivity (Wildman–Crippen MR) is 180 cm³/mol. The zero-order chi connectivity index (χ0) is 28.3. The molecule has 0 unspecified atom stereocenters. The minimum absolute atomic E-state index is 0.707. The van der Waals surface area contributed by atoms with E-state index in [4.69, 9.17) is 9.97 Å². The molecule has 2 aromatic heterocycles. The van der Waals surface area contributed by atoms with Gasteiger partial charge in [0.05, 0.1) is 16.7 Å². The molecule has 0 saturated heterocycles. The summed E-state index contributed by atoms with van der Waals surface area (Å²) in [5.41, 5.74) is 5.23. The predicted octanol–water partition coefficient (Wildman–Crippen LogP) is 10.4. The van der Waals surface area contributed by atoms with E-state index in [-0.39, 0.29) is 0 Å². The summed E-state index contributed by atoms with van der Waals surface area (Å²) in [7, 11) is 0. The molecule has 0 saturated carbocycles. The molecule has 0 aliphatic rings. The van der Waals surface area contributed by atoms with E-state index in [1.165, 1.54) is 43.1 Å². The zero-order valence-electron chi connectivity index (χ0n) is 23.3. The van der Waals surface area contributed by atoms with Gasteiger partial charge in [-0.25, -0.2) is 9.97 Å². The maximum absolute atomic E-state index is 5.27. The zero-order valence-corrected chi connectivity index (χ0v) is 23.3. The number of hydrogen-bond acceptors (Lipinski definition) is 2. The lowest BCUT2D eigenvalue weighted by molar-refractivity contribution is 1.05. The van der Waals surface area contributed by atoms with Crippen LogP contribution in [-0.4, -0.2) is 14.5 Å². The molecule has 0 aliphatic heterocycles. The van der Waals surface area contributed by atoms with Gasteiger partial charge < -0.3 is 0 Å². The van der Waals surface area contributed by atoms with Crippen molar-refractivity contribution in [3.63, 3.8) is 0 Å². The number of rotatable bonds is 3. The third-order valence-electron chi connectivity index (χ3n) is 8.57. The Morgan fingerprint density at radius 2 is 1.05 bits per heavy atom. The molecule has 0 radical (unpaired) electrons. The summed E-state index contributed by atoms with van der Waals surface area (Å²) in [6.07, 6.45) is 0. The van der Waals surface area contributed by atoms with Gasteiger partial charge in [0.25, 0.3) is 0 Å². The SMILES string of the molecule is c1ccc(-c2cc(-n3c4ccccc4c4c5c6ccccc6ccc5c5ccccc5c43)nc(-c3ccccc3)n2)cc1.